The van der Waals surface area contributed by atoms with Crippen LogP contribution in [-0.4, -0.2) is 19.8 Å². The quantitative estimate of drug-likeness (QED) is 0.753. The molecule has 3 nitrogen and oxygen atoms in total. The van der Waals surface area contributed by atoms with Crippen molar-refractivity contribution in [2.24, 2.45) is 5.92 Å². The second-order valence-corrected chi connectivity index (χ2v) is 5.24. The molecule has 3 heteroatoms. The second kappa shape index (κ2) is 7.59. The first-order valence-electron chi connectivity index (χ1n) is 7.21. The van der Waals surface area contributed by atoms with Crippen LogP contribution in [0.1, 0.15) is 50.8 Å². The largest absolute Gasteiger partial charge is 0.468 e. The molecule has 18 heavy (non-hydrogen) atoms. The third-order valence-corrected chi connectivity index (χ3v) is 3.80. The monoisotopic (exact) mass is 251 g/mol. The topological polar surface area (TPSA) is 34.4 Å². The number of rotatable bonds is 7. The van der Waals surface area contributed by atoms with Gasteiger partial charge in [0.05, 0.1) is 12.3 Å². The van der Waals surface area contributed by atoms with Gasteiger partial charge in [-0.3, -0.25) is 0 Å². The third-order valence-electron chi connectivity index (χ3n) is 3.80. The van der Waals surface area contributed by atoms with E-state index >= 15 is 0 Å². The van der Waals surface area contributed by atoms with Crippen LogP contribution < -0.4 is 5.32 Å². The van der Waals surface area contributed by atoms with E-state index in [9.17, 15) is 0 Å². The molecule has 1 aromatic rings. The van der Waals surface area contributed by atoms with Crippen LogP contribution in [0.5, 0.6) is 0 Å². The molecule has 2 rings (SSSR count). The maximum absolute atomic E-state index is 5.38. The maximum Gasteiger partial charge on any atom is 0.120 e. The smallest absolute Gasteiger partial charge is 0.120 e. The van der Waals surface area contributed by atoms with E-state index in [1.165, 1.54) is 32.1 Å². The van der Waals surface area contributed by atoms with E-state index in [0.29, 0.717) is 6.04 Å². The van der Waals surface area contributed by atoms with E-state index in [-0.39, 0.29) is 0 Å². The van der Waals surface area contributed by atoms with E-state index < -0.39 is 0 Å². The summed E-state index contributed by atoms with van der Waals surface area (Å²) in [6, 6.07) is 4.29. The molecule has 0 aliphatic carbocycles. The number of furan rings is 1. The number of unbranched alkanes of at least 4 members (excludes halogenated alkanes) is 1. The van der Waals surface area contributed by atoms with Crippen molar-refractivity contribution in [2.75, 3.05) is 19.8 Å². The van der Waals surface area contributed by atoms with Crippen molar-refractivity contribution in [3.05, 3.63) is 24.2 Å². The third kappa shape index (κ3) is 4.46. The second-order valence-electron chi connectivity index (χ2n) is 5.24. The fourth-order valence-electron chi connectivity index (χ4n) is 2.55. The average Bonchev–Trinajstić information content (AvgIpc) is 2.93. The minimum absolute atomic E-state index is 0.322. The molecule has 0 spiro atoms. The van der Waals surface area contributed by atoms with Crippen LogP contribution in [0.3, 0.4) is 0 Å². The Kier molecular flexibility index (Phi) is 5.75. The van der Waals surface area contributed by atoms with Crippen LogP contribution in [-0.2, 0) is 4.74 Å². The normalized spacial score (nSPS) is 18.9. The SMILES string of the molecule is C[C@@H](NCCCCC1CCOCC1)c1ccco1. The molecule has 0 radical (unpaired) electrons. The zero-order valence-corrected chi connectivity index (χ0v) is 11.4. The van der Waals surface area contributed by atoms with Crippen LogP contribution in [0.25, 0.3) is 0 Å². The summed E-state index contributed by atoms with van der Waals surface area (Å²) in [5.74, 6) is 1.93. The lowest BCUT2D eigenvalue weighted by molar-refractivity contribution is 0.0631. The number of ether oxygens (including phenoxy) is 1. The summed E-state index contributed by atoms with van der Waals surface area (Å²) in [7, 11) is 0. The highest BCUT2D eigenvalue weighted by Crippen LogP contribution is 2.20. The summed E-state index contributed by atoms with van der Waals surface area (Å²) in [5.41, 5.74) is 0. The summed E-state index contributed by atoms with van der Waals surface area (Å²) < 4.78 is 10.7. The van der Waals surface area contributed by atoms with Crippen LogP contribution >= 0.6 is 0 Å². The van der Waals surface area contributed by atoms with Crippen LogP contribution in [0.2, 0.25) is 0 Å². The van der Waals surface area contributed by atoms with Crippen molar-refractivity contribution in [3.8, 4) is 0 Å². The standard InChI is InChI=1S/C15H25NO2/c1-13(15-6-4-10-18-15)16-9-3-2-5-14-7-11-17-12-8-14/h4,6,10,13-14,16H,2-3,5,7-9,11-12H2,1H3/t13-/m1/s1. The first-order valence-corrected chi connectivity index (χ1v) is 7.21. The lowest BCUT2D eigenvalue weighted by Crippen LogP contribution is -2.20. The van der Waals surface area contributed by atoms with E-state index in [2.05, 4.69) is 12.2 Å². The van der Waals surface area contributed by atoms with Crippen LogP contribution in [0.4, 0.5) is 0 Å². The van der Waals surface area contributed by atoms with Gasteiger partial charge in [-0.15, -0.1) is 0 Å². The van der Waals surface area contributed by atoms with E-state index in [1.807, 2.05) is 12.1 Å². The highest BCUT2D eigenvalue weighted by atomic mass is 16.5. The molecule has 1 saturated heterocycles. The summed E-state index contributed by atoms with van der Waals surface area (Å²) >= 11 is 0. The number of hydrogen-bond acceptors (Lipinski definition) is 3. The maximum atomic E-state index is 5.38. The molecule has 0 aromatic carbocycles. The summed E-state index contributed by atoms with van der Waals surface area (Å²) in [6.45, 7) is 5.17. The lowest BCUT2D eigenvalue weighted by Gasteiger charge is -2.21. The highest BCUT2D eigenvalue weighted by molar-refractivity contribution is 5.02. The van der Waals surface area contributed by atoms with Gasteiger partial charge in [-0.1, -0.05) is 12.8 Å². The molecule has 0 amide bonds. The summed E-state index contributed by atoms with van der Waals surface area (Å²) in [6.07, 6.45) is 8.19. The molecule has 0 saturated carbocycles. The van der Waals surface area contributed by atoms with Crippen LogP contribution in [0.15, 0.2) is 22.8 Å². The van der Waals surface area contributed by atoms with E-state index in [4.69, 9.17) is 9.15 Å². The van der Waals surface area contributed by atoms with E-state index in [0.717, 1.165) is 31.4 Å². The van der Waals surface area contributed by atoms with Crippen molar-refractivity contribution in [1.29, 1.82) is 0 Å². The van der Waals surface area contributed by atoms with Crippen molar-refractivity contribution in [1.82, 2.24) is 5.32 Å². The van der Waals surface area contributed by atoms with Gasteiger partial charge in [0.25, 0.3) is 0 Å². The molecule has 1 aliphatic rings. The van der Waals surface area contributed by atoms with Crippen molar-refractivity contribution < 1.29 is 9.15 Å². The van der Waals surface area contributed by atoms with Gasteiger partial charge in [0, 0.05) is 13.2 Å². The Bertz CT molecular complexity index is 304. The Morgan fingerprint density at radius 1 is 1.33 bits per heavy atom. The first-order chi connectivity index (χ1) is 8.86. The van der Waals surface area contributed by atoms with Gasteiger partial charge in [-0.2, -0.15) is 0 Å². The Labute approximate surface area is 110 Å². The molecule has 2 heterocycles. The Hall–Kier alpha value is -0.800. The van der Waals surface area contributed by atoms with Gasteiger partial charge in [0.15, 0.2) is 0 Å². The fraction of sp³-hybridized carbons (Fsp3) is 0.733. The summed E-state index contributed by atoms with van der Waals surface area (Å²) in [4.78, 5) is 0. The predicted octanol–water partition coefficient (Wildman–Crippen LogP) is 3.53. The van der Waals surface area contributed by atoms with Gasteiger partial charge in [0.1, 0.15) is 5.76 Å². The molecule has 0 bridgehead atoms. The minimum Gasteiger partial charge on any atom is -0.468 e. The zero-order chi connectivity index (χ0) is 12.6. The Balaban J connectivity index is 1.50. The number of nitrogens with one attached hydrogen (secondary N) is 1. The predicted molar refractivity (Wildman–Crippen MR) is 72.5 cm³/mol. The molecular formula is C15H25NO2. The van der Waals surface area contributed by atoms with Gasteiger partial charge in [-0.05, 0) is 50.8 Å². The van der Waals surface area contributed by atoms with Crippen molar-refractivity contribution in [2.45, 2.75) is 45.1 Å². The number of hydrogen-bond donors (Lipinski definition) is 1. The molecule has 102 valence electrons. The molecule has 1 aromatic heterocycles. The molecule has 1 aliphatic heterocycles. The van der Waals surface area contributed by atoms with Gasteiger partial charge < -0.3 is 14.5 Å². The van der Waals surface area contributed by atoms with Crippen molar-refractivity contribution in [3.63, 3.8) is 0 Å². The van der Waals surface area contributed by atoms with Gasteiger partial charge in [0.2, 0.25) is 0 Å². The molecule has 1 atom stereocenters. The fourth-order valence-corrected chi connectivity index (χ4v) is 2.55. The highest BCUT2D eigenvalue weighted by Gasteiger charge is 2.13. The van der Waals surface area contributed by atoms with Gasteiger partial charge >= 0.3 is 0 Å². The molecule has 0 unspecified atom stereocenters. The Morgan fingerprint density at radius 3 is 2.89 bits per heavy atom. The van der Waals surface area contributed by atoms with Crippen molar-refractivity contribution >= 4 is 0 Å². The average molecular weight is 251 g/mol. The minimum atomic E-state index is 0.322. The lowest BCUT2D eigenvalue weighted by atomic mass is 9.94. The first kappa shape index (κ1) is 13.6. The summed E-state index contributed by atoms with van der Waals surface area (Å²) in [5, 5.41) is 3.50. The zero-order valence-electron chi connectivity index (χ0n) is 11.4. The van der Waals surface area contributed by atoms with Crippen LogP contribution in [0, 0.1) is 5.92 Å². The Morgan fingerprint density at radius 2 is 2.17 bits per heavy atom. The van der Waals surface area contributed by atoms with E-state index in [1.54, 1.807) is 6.26 Å². The molecule has 1 fully saturated rings. The molecular weight excluding hydrogens is 226 g/mol. The van der Waals surface area contributed by atoms with Gasteiger partial charge in [-0.25, -0.2) is 0 Å². The molecule has 1 N–H and O–H groups in total.